The number of nitrogens with one attached hydrogen (secondary N) is 2. The molecule has 7 heteroatoms. The molecule has 1 aromatic carbocycles. The third-order valence-corrected chi connectivity index (χ3v) is 4.05. The Morgan fingerprint density at radius 1 is 1.18 bits per heavy atom. The quantitative estimate of drug-likeness (QED) is 0.675. The van der Waals surface area contributed by atoms with Gasteiger partial charge in [-0.3, -0.25) is 0 Å². The Bertz CT molecular complexity index is 520. The van der Waals surface area contributed by atoms with Crippen molar-refractivity contribution in [2.45, 2.75) is 33.1 Å². The van der Waals surface area contributed by atoms with Crippen LogP contribution in [-0.4, -0.2) is 24.3 Å². The average molecular weight is 318 g/mol. The molecule has 124 valence electrons. The van der Waals surface area contributed by atoms with Gasteiger partial charge in [-0.1, -0.05) is 13.8 Å². The normalized spacial score (nSPS) is 11.4. The van der Waals surface area contributed by atoms with E-state index in [4.69, 9.17) is 5.11 Å². The Morgan fingerprint density at radius 2 is 1.82 bits per heavy atom. The van der Waals surface area contributed by atoms with Gasteiger partial charge in [-0.05, 0) is 36.8 Å². The lowest BCUT2D eigenvalue weighted by Crippen LogP contribution is -2.39. The molecule has 0 fully saturated rings. The highest BCUT2D eigenvalue weighted by Gasteiger charge is 2.26. The summed E-state index contributed by atoms with van der Waals surface area (Å²) in [7, 11) is 0. The summed E-state index contributed by atoms with van der Waals surface area (Å²) in [5.41, 5.74) is -0.684. The zero-order chi connectivity index (χ0) is 16.8. The molecular weight excluding hydrogens is 297 g/mol. The fourth-order valence-electron chi connectivity index (χ4n) is 2.24. The standard InChI is InChI=1S/C15H21F3N2O2/c1-3-15(4-2,7-8-21)9-19-14(22)20-11-6-5-10(16)12(17)13(11)18/h5-6,21H,3-4,7-9H2,1-2H3,(H2,19,20,22). The smallest absolute Gasteiger partial charge is 0.319 e. The van der Waals surface area contributed by atoms with Crippen LogP contribution in [0.2, 0.25) is 0 Å². The predicted octanol–water partition coefficient (Wildman–Crippen LogP) is 3.41. The maximum Gasteiger partial charge on any atom is 0.319 e. The van der Waals surface area contributed by atoms with Crippen molar-refractivity contribution in [3.63, 3.8) is 0 Å². The first-order chi connectivity index (χ1) is 10.4. The molecule has 4 nitrogen and oxygen atoms in total. The zero-order valence-electron chi connectivity index (χ0n) is 12.7. The van der Waals surface area contributed by atoms with E-state index in [-0.39, 0.29) is 18.6 Å². The Balaban J connectivity index is 2.69. The number of hydrogen-bond donors (Lipinski definition) is 3. The number of carbonyl (C=O) groups excluding carboxylic acids is 1. The highest BCUT2D eigenvalue weighted by Crippen LogP contribution is 2.29. The largest absolute Gasteiger partial charge is 0.396 e. The third kappa shape index (κ3) is 4.37. The van der Waals surface area contributed by atoms with Crippen LogP contribution in [0.4, 0.5) is 23.7 Å². The molecule has 0 saturated carbocycles. The van der Waals surface area contributed by atoms with Gasteiger partial charge in [0.05, 0.1) is 5.69 Å². The first-order valence-electron chi connectivity index (χ1n) is 7.18. The summed E-state index contributed by atoms with van der Waals surface area (Å²) >= 11 is 0. The number of rotatable bonds is 7. The molecule has 0 aliphatic heterocycles. The Kier molecular flexibility index (Phi) is 6.67. The Hall–Kier alpha value is -1.76. The molecule has 0 bridgehead atoms. The number of halogens is 3. The van der Waals surface area contributed by atoms with E-state index in [0.29, 0.717) is 6.42 Å². The summed E-state index contributed by atoms with van der Waals surface area (Å²) in [4.78, 5) is 11.8. The minimum atomic E-state index is -1.63. The average Bonchev–Trinajstić information content (AvgIpc) is 2.52. The summed E-state index contributed by atoms with van der Waals surface area (Å²) in [6, 6.07) is 0.977. The van der Waals surface area contributed by atoms with Crippen molar-refractivity contribution in [3.05, 3.63) is 29.6 Å². The summed E-state index contributed by atoms with van der Waals surface area (Å²) in [6.07, 6.45) is 2.04. The van der Waals surface area contributed by atoms with Gasteiger partial charge in [-0.25, -0.2) is 18.0 Å². The first-order valence-corrected chi connectivity index (χ1v) is 7.18. The second-order valence-electron chi connectivity index (χ2n) is 5.21. The van der Waals surface area contributed by atoms with Crippen LogP contribution in [0.1, 0.15) is 33.1 Å². The van der Waals surface area contributed by atoms with Gasteiger partial charge in [0.2, 0.25) is 0 Å². The Labute approximate surface area is 127 Å². The molecule has 0 heterocycles. The summed E-state index contributed by atoms with van der Waals surface area (Å²) in [5, 5.41) is 13.8. The van der Waals surface area contributed by atoms with Crippen molar-refractivity contribution >= 4 is 11.7 Å². The SMILES string of the molecule is CCC(CC)(CCO)CNC(=O)Nc1ccc(F)c(F)c1F. The van der Waals surface area contributed by atoms with Crippen LogP contribution in [0.5, 0.6) is 0 Å². The number of carbonyl (C=O) groups is 1. The predicted molar refractivity (Wildman–Crippen MR) is 78.1 cm³/mol. The Morgan fingerprint density at radius 3 is 2.36 bits per heavy atom. The number of hydrogen-bond acceptors (Lipinski definition) is 2. The zero-order valence-corrected chi connectivity index (χ0v) is 12.7. The maximum atomic E-state index is 13.5. The van der Waals surface area contributed by atoms with Crippen LogP contribution < -0.4 is 10.6 Å². The van der Waals surface area contributed by atoms with E-state index in [2.05, 4.69) is 10.6 Å². The van der Waals surface area contributed by atoms with E-state index < -0.39 is 29.2 Å². The molecule has 22 heavy (non-hydrogen) atoms. The van der Waals surface area contributed by atoms with Gasteiger partial charge in [0, 0.05) is 13.2 Å². The van der Waals surface area contributed by atoms with E-state index in [1.807, 2.05) is 13.8 Å². The lowest BCUT2D eigenvalue weighted by atomic mass is 9.79. The molecule has 0 radical (unpaired) electrons. The highest BCUT2D eigenvalue weighted by molar-refractivity contribution is 5.89. The number of urea groups is 1. The number of aliphatic hydroxyl groups is 1. The molecule has 2 amide bonds. The van der Waals surface area contributed by atoms with Crippen LogP contribution in [-0.2, 0) is 0 Å². The van der Waals surface area contributed by atoms with Crippen LogP contribution in [0, 0.1) is 22.9 Å². The van der Waals surface area contributed by atoms with Gasteiger partial charge in [0.1, 0.15) is 0 Å². The molecule has 0 aromatic heterocycles. The summed E-state index contributed by atoms with van der Waals surface area (Å²) in [5.74, 6) is -4.39. The number of benzene rings is 1. The lowest BCUT2D eigenvalue weighted by molar-refractivity contribution is 0.165. The van der Waals surface area contributed by atoms with Gasteiger partial charge >= 0.3 is 6.03 Å². The fraction of sp³-hybridized carbons (Fsp3) is 0.533. The van der Waals surface area contributed by atoms with E-state index >= 15 is 0 Å². The van der Waals surface area contributed by atoms with Crippen LogP contribution in [0.3, 0.4) is 0 Å². The molecule has 1 aromatic rings. The number of amides is 2. The van der Waals surface area contributed by atoms with Crippen molar-refractivity contribution in [3.8, 4) is 0 Å². The van der Waals surface area contributed by atoms with Crippen molar-refractivity contribution in [1.82, 2.24) is 5.32 Å². The topological polar surface area (TPSA) is 61.4 Å². The van der Waals surface area contributed by atoms with Gasteiger partial charge in [0.25, 0.3) is 0 Å². The molecule has 0 spiro atoms. The van der Waals surface area contributed by atoms with E-state index in [1.165, 1.54) is 0 Å². The van der Waals surface area contributed by atoms with Gasteiger partial charge in [-0.2, -0.15) is 0 Å². The molecule has 3 N–H and O–H groups in total. The van der Waals surface area contributed by atoms with E-state index in [0.717, 1.165) is 25.0 Å². The monoisotopic (exact) mass is 318 g/mol. The molecule has 1 rings (SSSR count). The minimum Gasteiger partial charge on any atom is -0.396 e. The number of aliphatic hydroxyl groups excluding tert-OH is 1. The molecule has 0 aliphatic carbocycles. The molecular formula is C15H21F3N2O2. The van der Waals surface area contributed by atoms with Gasteiger partial charge in [-0.15, -0.1) is 0 Å². The molecule has 0 aliphatic rings. The second kappa shape index (κ2) is 8.03. The minimum absolute atomic E-state index is 0.00276. The van der Waals surface area contributed by atoms with E-state index in [1.54, 1.807) is 0 Å². The van der Waals surface area contributed by atoms with Crippen LogP contribution >= 0.6 is 0 Å². The van der Waals surface area contributed by atoms with Crippen molar-refractivity contribution in [1.29, 1.82) is 0 Å². The van der Waals surface area contributed by atoms with E-state index in [9.17, 15) is 18.0 Å². The third-order valence-electron chi connectivity index (χ3n) is 4.05. The molecule has 0 atom stereocenters. The van der Waals surface area contributed by atoms with Gasteiger partial charge < -0.3 is 15.7 Å². The summed E-state index contributed by atoms with van der Waals surface area (Å²) < 4.78 is 39.3. The van der Waals surface area contributed by atoms with Crippen LogP contribution in [0.25, 0.3) is 0 Å². The van der Waals surface area contributed by atoms with Gasteiger partial charge in [0.15, 0.2) is 17.5 Å². The highest BCUT2D eigenvalue weighted by atomic mass is 19.2. The fourth-order valence-corrected chi connectivity index (χ4v) is 2.24. The summed E-state index contributed by atoms with van der Waals surface area (Å²) in [6.45, 7) is 4.20. The molecule has 0 saturated heterocycles. The van der Waals surface area contributed by atoms with Crippen LogP contribution in [0.15, 0.2) is 12.1 Å². The molecule has 0 unspecified atom stereocenters. The van der Waals surface area contributed by atoms with Crippen molar-refractivity contribution in [2.24, 2.45) is 5.41 Å². The number of anilines is 1. The first kappa shape index (κ1) is 18.3. The van der Waals surface area contributed by atoms with Crippen molar-refractivity contribution < 1.29 is 23.1 Å². The lowest BCUT2D eigenvalue weighted by Gasteiger charge is -2.31. The van der Waals surface area contributed by atoms with Crippen molar-refractivity contribution in [2.75, 3.05) is 18.5 Å². The second-order valence-corrected chi connectivity index (χ2v) is 5.21. The maximum absolute atomic E-state index is 13.5.